The van der Waals surface area contributed by atoms with Crippen LogP contribution >= 0.6 is 0 Å². The minimum Gasteiger partial charge on any atom is -0.497 e. The highest BCUT2D eigenvalue weighted by Gasteiger charge is 2.12. The summed E-state index contributed by atoms with van der Waals surface area (Å²) in [6.07, 6.45) is 14.0. The van der Waals surface area contributed by atoms with Crippen LogP contribution in [0, 0.1) is 18.8 Å². The third-order valence-electron chi connectivity index (χ3n) is 1.83. The van der Waals surface area contributed by atoms with Gasteiger partial charge in [-0.2, -0.15) is 0 Å². The molecule has 0 spiro atoms. The van der Waals surface area contributed by atoms with Gasteiger partial charge < -0.3 is 10.5 Å². The molecule has 0 bridgehead atoms. The number of ether oxygens (including phenoxy) is 1. The fourth-order valence-electron chi connectivity index (χ4n) is 0.781. The monoisotopic (exact) mass is 211 g/mol. The second-order valence-electron chi connectivity index (χ2n) is 3.40. The summed E-state index contributed by atoms with van der Waals surface area (Å²) in [7, 11) is 0. The first-order chi connectivity index (χ1) is 7.24. The topological polar surface area (TPSA) is 35.2 Å². The Morgan fingerprint density at radius 2 is 1.87 bits per heavy atom. The quantitative estimate of drug-likeness (QED) is 0.573. The Bertz CT molecular complexity index is 169. The van der Waals surface area contributed by atoms with Crippen LogP contribution in [0.15, 0.2) is 11.8 Å². The van der Waals surface area contributed by atoms with Crippen LogP contribution in [0.4, 0.5) is 0 Å². The standard InChI is InChI=1S/C7H15NO.C4H8.C2H2/c1-3-5-7(6-8)9-4-2;1-4-2-3-4;1-2/h5H,3-4,6,8H2,1-2H3;4H,2-3H2,1H3;1-2H/b7-5-;;. The van der Waals surface area contributed by atoms with Crippen LogP contribution in [0.1, 0.15) is 40.0 Å². The molecule has 0 radical (unpaired) electrons. The molecule has 0 atom stereocenters. The molecule has 0 aliphatic heterocycles. The van der Waals surface area contributed by atoms with Crippen LogP contribution in [-0.2, 0) is 4.74 Å². The van der Waals surface area contributed by atoms with Crippen molar-refractivity contribution in [1.82, 2.24) is 0 Å². The molecule has 88 valence electrons. The number of terminal acetylenes is 1. The van der Waals surface area contributed by atoms with Gasteiger partial charge in [-0.1, -0.05) is 26.7 Å². The summed E-state index contributed by atoms with van der Waals surface area (Å²) in [5.74, 6) is 1.99. The van der Waals surface area contributed by atoms with E-state index in [0.29, 0.717) is 13.2 Å². The number of nitrogens with two attached hydrogens (primary N) is 1. The first-order valence-electron chi connectivity index (χ1n) is 5.59. The van der Waals surface area contributed by atoms with E-state index in [9.17, 15) is 0 Å². The Morgan fingerprint density at radius 1 is 1.40 bits per heavy atom. The molecule has 0 unspecified atom stereocenters. The van der Waals surface area contributed by atoms with Gasteiger partial charge in [-0.3, -0.25) is 0 Å². The SMILES string of the molecule is C#C.CC/C=C(/CN)OCC.CC1CC1. The maximum Gasteiger partial charge on any atom is 0.105 e. The molecule has 1 rings (SSSR count). The first-order valence-corrected chi connectivity index (χ1v) is 5.59. The molecular weight excluding hydrogens is 186 g/mol. The van der Waals surface area contributed by atoms with E-state index in [4.69, 9.17) is 10.5 Å². The summed E-state index contributed by atoms with van der Waals surface area (Å²) in [5, 5.41) is 0. The van der Waals surface area contributed by atoms with Crippen molar-refractivity contribution in [1.29, 1.82) is 0 Å². The van der Waals surface area contributed by atoms with Gasteiger partial charge in [0.25, 0.3) is 0 Å². The third kappa shape index (κ3) is 15.8. The van der Waals surface area contributed by atoms with E-state index < -0.39 is 0 Å². The van der Waals surface area contributed by atoms with Gasteiger partial charge in [0.1, 0.15) is 5.76 Å². The van der Waals surface area contributed by atoms with Gasteiger partial charge in [0.2, 0.25) is 0 Å². The van der Waals surface area contributed by atoms with E-state index in [0.717, 1.165) is 18.1 Å². The molecule has 2 heteroatoms. The van der Waals surface area contributed by atoms with Crippen molar-refractivity contribution in [2.45, 2.75) is 40.0 Å². The summed E-state index contributed by atoms with van der Waals surface area (Å²) < 4.78 is 5.17. The lowest BCUT2D eigenvalue weighted by Gasteiger charge is -2.03. The van der Waals surface area contributed by atoms with Crippen LogP contribution in [0.5, 0.6) is 0 Å². The molecule has 0 aromatic carbocycles. The van der Waals surface area contributed by atoms with Gasteiger partial charge in [-0.05, 0) is 25.3 Å². The van der Waals surface area contributed by atoms with Crippen molar-refractivity contribution < 1.29 is 4.74 Å². The summed E-state index contributed by atoms with van der Waals surface area (Å²) in [6.45, 7) is 7.53. The summed E-state index contributed by atoms with van der Waals surface area (Å²) in [6, 6.07) is 0. The van der Waals surface area contributed by atoms with Crippen molar-refractivity contribution in [3.8, 4) is 12.8 Å². The zero-order valence-electron chi connectivity index (χ0n) is 10.3. The zero-order chi connectivity index (χ0) is 12.1. The molecule has 2 N–H and O–H groups in total. The fraction of sp³-hybridized carbons (Fsp3) is 0.692. The Balaban J connectivity index is 0. The van der Waals surface area contributed by atoms with Gasteiger partial charge in [0.05, 0.1) is 13.2 Å². The zero-order valence-corrected chi connectivity index (χ0v) is 10.3. The highest BCUT2D eigenvalue weighted by Crippen LogP contribution is 2.26. The largest absolute Gasteiger partial charge is 0.497 e. The molecule has 1 aliphatic carbocycles. The number of rotatable bonds is 4. The minimum absolute atomic E-state index is 0.516. The highest BCUT2D eigenvalue weighted by molar-refractivity contribution is 4.93. The van der Waals surface area contributed by atoms with Crippen LogP contribution in [0.25, 0.3) is 0 Å². The summed E-state index contributed by atoms with van der Waals surface area (Å²) in [5.41, 5.74) is 5.35. The van der Waals surface area contributed by atoms with E-state index in [2.05, 4.69) is 26.7 Å². The molecule has 0 saturated heterocycles. The van der Waals surface area contributed by atoms with E-state index in [1.54, 1.807) is 0 Å². The average Bonchev–Trinajstić information content (AvgIpc) is 3.04. The van der Waals surface area contributed by atoms with Gasteiger partial charge in [-0.15, -0.1) is 12.8 Å². The number of hydrogen-bond acceptors (Lipinski definition) is 2. The maximum absolute atomic E-state index is 5.35. The molecule has 0 aromatic heterocycles. The molecule has 0 heterocycles. The second-order valence-corrected chi connectivity index (χ2v) is 3.40. The van der Waals surface area contributed by atoms with Gasteiger partial charge in [-0.25, -0.2) is 0 Å². The molecule has 1 aliphatic rings. The summed E-state index contributed by atoms with van der Waals surface area (Å²) in [4.78, 5) is 0. The van der Waals surface area contributed by atoms with Crippen molar-refractivity contribution in [2.24, 2.45) is 11.7 Å². The number of hydrogen-bond donors (Lipinski definition) is 1. The molecule has 15 heavy (non-hydrogen) atoms. The van der Waals surface area contributed by atoms with Crippen molar-refractivity contribution in [3.05, 3.63) is 11.8 Å². The first kappa shape index (κ1) is 16.5. The lowest BCUT2D eigenvalue weighted by atomic mass is 10.4. The normalized spacial score (nSPS) is 14.1. The molecule has 1 fully saturated rings. The van der Waals surface area contributed by atoms with Crippen molar-refractivity contribution >= 4 is 0 Å². The van der Waals surface area contributed by atoms with E-state index in [-0.39, 0.29) is 0 Å². The predicted octanol–water partition coefficient (Wildman–Crippen LogP) is 2.94. The molecule has 1 saturated carbocycles. The van der Waals surface area contributed by atoms with E-state index in [1.165, 1.54) is 12.8 Å². The van der Waals surface area contributed by atoms with Crippen LogP contribution in [0.2, 0.25) is 0 Å². The Morgan fingerprint density at radius 3 is 2.07 bits per heavy atom. The Hall–Kier alpha value is -0.940. The Kier molecular flexibility index (Phi) is 14.4. The Labute approximate surface area is 94.9 Å². The molecule has 0 aromatic rings. The van der Waals surface area contributed by atoms with E-state index >= 15 is 0 Å². The summed E-state index contributed by atoms with van der Waals surface area (Å²) >= 11 is 0. The lowest BCUT2D eigenvalue weighted by molar-refractivity contribution is 0.225. The van der Waals surface area contributed by atoms with E-state index in [1.807, 2.05) is 13.0 Å². The van der Waals surface area contributed by atoms with Crippen LogP contribution in [0.3, 0.4) is 0 Å². The van der Waals surface area contributed by atoms with Gasteiger partial charge in [0, 0.05) is 0 Å². The van der Waals surface area contributed by atoms with Crippen LogP contribution < -0.4 is 5.73 Å². The molecular formula is C13H25NO. The fourth-order valence-corrected chi connectivity index (χ4v) is 0.781. The predicted molar refractivity (Wildman–Crippen MR) is 67.3 cm³/mol. The second kappa shape index (κ2) is 13.1. The molecule has 2 nitrogen and oxygen atoms in total. The van der Waals surface area contributed by atoms with Crippen molar-refractivity contribution in [3.63, 3.8) is 0 Å². The van der Waals surface area contributed by atoms with Crippen LogP contribution in [-0.4, -0.2) is 13.2 Å². The minimum atomic E-state index is 0.516. The lowest BCUT2D eigenvalue weighted by Crippen LogP contribution is -2.06. The van der Waals surface area contributed by atoms with Gasteiger partial charge in [0.15, 0.2) is 0 Å². The average molecular weight is 211 g/mol. The highest BCUT2D eigenvalue weighted by atomic mass is 16.5. The number of allylic oxidation sites excluding steroid dienone is 1. The smallest absolute Gasteiger partial charge is 0.105 e. The van der Waals surface area contributed by atoms with Gasteiger partial charge >= 0.3 is 0 Å². The maximum atomic E-state index is 5.35. The molecule has 0 amide bonds. The van der Waals surface area contributed by atoms with Crippen molar-refractivity contribution in [2.75, 3.05) is 13.2 Å². The third-order valence-corrected chi connectivity index (χ3v) is 1.83.